The zero-order valence-electron chi connectivity index (χ0n) is 11.9. The van der Waals surface area contributed by atoms with Crippen molar-refractivity contribution in [3.8, 4) is 11.3 Å². The lowest BCUT2D eigenvalue weighted by Crippen LogP contribution is -2.01. The predicted molar refractivity (Wildman–Crippen MR) is 81.8 cm³/mol. The van der Waals surface area contributed by atoms with E-state index in [9.17, 15) is 5.11 Å². The number of benzene rings is 2. The summed E-state index contributed by atoms with van der Waals surface area (Å²) in [5.74, 6) is 1.33. The summed E-state index contributed by atoms with van der Waals surface area (Å²) in [5.41, 5.74) is 2.69. The SMILES string of the molecule is Cc1nc(-c2ccccc2)c(CC(O)c2ccccc2)o1. The van der Waals surface area contributed by atoms with Gasteiger partial charge in [-0.15, -0.1) is 0 Å². The molecular formula is C18H17NO2. The second-order valence-corrected chi connectivity index (χ2v) is 5.00. The third kappa shape index (κ3) is 3.03. The molecule has 1 N–H and O–H groups in total. The molecule has 0 aliphatic carbocycles. The van der Waals surface area contributed by atoms with Crippen LogP contribution in [0.2, 0.25) is 0 Å². The molecule has 0 aliphatic heterocycles. The number of hydrogen-bond acceptors (Lipinski definition) is 3. The molecule has 0 bridgehead atoms. The number of aliphatic hydroxyl groups is 1. The average molecular weight is 279 g/mol. The molecule has 3 nitrogen and oxygen atoms in total. The average Bonchev–Trinajstić information content (AvgIpc) is 2.89. The van der Waals surface area contributed by atoms with Gasteiger partial charge in [0.05, 0.1) is 6.10 Å². The van der Waals surface area contributed by atoms with Gasteiger partial charge in [0.15, 0.2) is 5.89 Å². The molecule has 2 aromatic carbocycles. The van der Waals surface area contributed by atoms with E-state index in [2.05, 4.69) is 4.98 Å². The number of oxazole rings is 1. The molecule has 0 amide bonds. The van der Waals surface area contributed by atoms with Crippen LogP contribution in [-0.4, -0.2) is 10.1 Å². The van der Waals surface area contributed by atoms with Gasteiger partial charge >= 0.3 is 0 Å². The molecule has 3 aromatic rings. The van der Waals surface area contributed by atoms with Gasteiger partial charge in [-0.25, -0.2) is 4.98 Å². The van der Waals surface area contributed by atoms with E-state index < -0.39 is 6.10 Å². The Hall–Kier alpha value is -2.39. The number of aliphatic hydroxyl groups excluding tert-OH is 1. The topological polar surface area (TPSA) is 46.3 Å². The molecule has 21 heavy (non-hydrogen) atoms. The summed E-state index contributed by atoms with van der Waals surface area (Å²) < 4.78 is 5.69. The van der Waals surface area contributed by atoms with Crippen molar-refractivity contribution in [1.29, 1.82) is 0 Å². The highest BCUT2D eigenvalue weighted by atomic mass is 16.4. The van der Waals surface area contributed by atoms with E-state index in [0.717, 1.165) is 22.6 Å². The normalized spacial score (nSPS) is 12.3. The first kappa shape index (κ1) is 13.6. The van der Waals surface area contributed by atoms with Crippen molar-refractivity contribution >= 4 is 0 Å². The lowest BCUT2D eigenvalue weighted by Gasteiger charge is -2.10. The third-order valence-corrected chi connectivity index (χ3v) is 3.41. The van der Waals surface area contributed by atoms with E-state index in [1.807, 2.05) is 67.6 Å². The van der Waals surface area contributed by atoms with Gasteiger partial charge in [0, 0.05) is 18.9 Å². The Morgan fingerprint density at radius 3 is 2.29 bits per heavy atom. The second kappa shape index (κ2) is 5.94. The zero-order chi connectivity index (χ0) is 14.7. The van der Waals surface area contributed by atoms with Crippen molar-refractivity contribution < 1.29 is 9.52 Å². The fraction of sp³-hybridized carbons (Fsp3) is 0.167. The molecule has 0 radical (unpaired) electrons. The highest BCUT2D eigenvalue weighted by Crippen LogP contribution is 2.28. The Labute approximate surface area is 123 Å². The van der Waals surface area contributed by atoms with E-state index in [4.69, 9.17) is 4.42 Å². The molecule has 3 rings (SSSR count). The zero-order valence-corrected chi connectivity index (χ0v) is 11.9. The molecule has 0 saturated heterocycles. The van der Waals surface area contributed by atoms with Crippen LogP contribution in [0.3, 0.4) is 0 Å². The second-order valence-electron chi connectivity index (χ2n) is 5.00. The number of rotatable bonds is 4. The smallest absolute Gasteiger partial charge is 0.191 e. The molecule has 0 spiro atoms. The Balaban J connectivity index is 1.90. The minimum Gasteiger partial charge on any atom is -0.445 e. The van der Waals surface area contributed by atoms with Crippen LogP contribution >= 0.6 is 0 Å². The number of aromatic nitrogens is 1. The third-order valence-electron chi connectivity index (χ3n) is 3.41. The molecule has 106 valence electrons. The van der Waals surface area contributed by atoms with Crippen molar-refractivity contribution in [3.63, 3.8) is 0 Å². The monoisotopic (exact) mass is 279 g/mol. The summed E-state index contributed by atoms with van der Waals surface area (Å²) in [4.78, 5) is 4.45. The molecule has 0 fully saturated rings. The van der Waals surface area contributed by atoms with Gasteiger partial charge < -0.3 is 9.52 Å². The molecule has 1 aromatic heterocycles. The first-order chi connectivity index (χ1) is 10.2. The van der Waals surface area contributed by atoms with Crippen LogP contribution in [0, 0.1) is 6.92 Å². The van der Waals surface area contributed by atoms with Gasteiger partial charge in [-0.2, -0.15) is 0 Å². The minimum atomic E-state index is -0.596. The Kier molecular flexibility index (Phi) is 3.84. The molecule has 3 heteroatoms. The van der Waals surface area contributed by atoms with Crippen LogP contribution in [0.1, 0.15) is 23.3 Å². The first-order valence-electron chi connectivity index (χ1n) is 6.99. The summed E-state index contributed by atoms with van der Waals surface area (Å²) in [6, 6.07) is 19.5. The number of nitrogens with zero attached hydrogens (tertiary/aromatic N) is 1. The Morgan fingerprint density at radius 1 is 1.00 bits per heavy atom. The highest BCUT2D eigenvalue weighted by Gasteiger charge is 2.17. The fourth-order valence-electron chi connectivity index (χ4n) is 2.40. The summed E-state index contributed by atoms with van der Waals surface area (Å²) in [7, 11) is 0. The Bertz CT molecular complexity index is 705. The molecular weight excluding hydrogens is 262 g/mol. The maximum Gasteiger partial charge on any atom is 0.191 e. The van der Waals surface area contributed by atoms with Crippen LogP contribution in [0.4, 0.5) is 0 Å². The van der Waals surface area contributed by atoms with E-state index in [1.54, 1.807) is 0 Å². The minimum absolute atomic E-state index is 0.412. The maximum absolute atomic E-state index is 10.4. The lowest BCUT2D eigenvalue weighted by atomic mass is 10.0. The van der Waals surface area contributed by atoms with E-state index in [-0.39, 0.29) is 0 Å². The molecule has 1 atom stereocenters. The van der Waals surface area contributed by atoms with Gasteiger partial charge in [0.2, 0.25) is 0 Å². The van der Waals surface area contributed by atoms with Crippen LogP contribution in [-0.2, 0) is 6.42 Å². The van der Waals surface area contributed by atoms with Gasteiger partial charge in [-0.1, -0.05) is 60.7 Å². The van der Waals surface area contributed by atoms with E-state index in [0.29, 0.717) is 12.3 Å². The molecule has 1 unspecified atom stereocenters. The van der Waals surface area contributed by atoms with E-state index >= 15 is 0 Å². The lowest BCUT2D eigenvalue weighted by molar-refractivity contribution is 0.170. The van der Waals surface area contributed by atoms with Crippen molar-refractivity contribution in [2.24, 2.45) is 0 Å². The fourth-order valence-corrected chi connectivity index (χ4v) is 2.40. The van der Waals surface area contributed by atoms with Gasteiger partial charge in [-0.05, 0) is 5.56 Å². The maximum atomic E-state index is 10.4. The van der Waals surface area contributed by atoms with Crippen molar-refractivity contribution in [2.75, 3.05) is 0 Å². The number of aryl methyl sites for hydroxylation is 1. The van der Waals surface area contributed by atoms with Crippen LogP contribution < -0.4 is 0 Å². The molecule has 0 saturated carbocycles. The summed E-state index contributed by atoms with van der Waals surface area (Å²) in [6.07, 6.45) is -0.184. The Morgan fingerprint density at radius 2 is 1.62 bits per heavy atom. The summed E-state index contributed by atoms with van der Waals surface area (Å²) in [5, 5.41) is 10.4. The summed E-state index contributed by atoms with van der Waals surface area (Å²) >= 11 is 0. The van der Waals surface area contributed by atoms with Gasteiger partial charge in [0.1, 0.15) is 11.5 Å². The van der Waals surface area contributed by atoms with Crippen molar-refractivity contribution in [3.05, 3.63) is 77.9 Å². The molecule has 0 aliphatic rings. The largest absolute Gasteiger partial charge is 0.445 e. The van der Waals surface area contributed by atoms with Crippen molar-refractivity contribution in [2.45, 2.75) is 19.4 Å². The van der Waals surface area contributed by atoms with Crippen LogP contribution in [0.25, 0.3) is 11.3 Å². The summed E-state index contributed by atoms with van der Waals surface area (Å²) in [6.45, 7) is 1.82. The number of hydrogen-bond donors (Lipinski definition) is 1. The van der Waals surface area contributed by atoms with Crippen molar-refractivity contribution in [1.82, 2.24) is 4.98 Å². The van der Waals surface area contributed by atoms with Gasteiger partial charge in [0.25, 0.3) is 0 Å². The van der Waals surface area contributed by atoms with Crippen LogP contribution in [0.5, 0.6) is 0 Å². The first-order valence-corrected chi connectivity index (χ1v) is 6.99. The standard InChI is InChI=1S/C18H17NO2/c1-13-19-18(15-10-6-3-7-11-15)17(21-13)12-16(20)14-8-4-2-5-9-14/h2-11,16,20H,12H2,1H3. The highest BCUT2D eigenvalue weighted by molar-refractivity contribution is 5.61. The predicted octanol–water partition coefficient (Wildman–Crippen LogP) is 3.93. The van der Waals surface area contributed by atoms with Gasteiger partial charge in [-0.3, -0.25) is 0 Å². The van der Waals surface area contributed by atoms with Crippen LogP contribution in [0.15, 0.2) is 65.1 Å². The quantitative estimate of drug-likeness (QED) is 0.787. The van der Waals surface area contributed by atoms with E-state index in [1.165, 1.54) is 0 Å². The molecule has 1 heterocycles.